The lowest BCUT2D eigenvalue weighted by atomic mass is 9.76. The average molecular weight is 668 g/mol. The van der Waals surface area contributed by atoms with Crippen LogP contribution >= 0.6 is 0 Å². The number of carboxylic acid groups (broad SMARTS) is 1. The molecule has 4 aromatic carbocycles. The van der Waals surface area contributed by atoms with Gasteiger partial charge in [0.1, 0.15) is 17.2 Å². The van der Waals surface area contributed by atoms with E-state index < -0.39 is 28.7 Å². The number of benzene rings is 4. The minimum absolute atomic E-state index is 0.0478. The highest BCUT2D eigenvalue weighted by Gasteiger charge is 2.45. The quantitative estimate of drug-likeness (QED) is 0.171. The second-order valence-corrected chi connectivity index (χ2v) is 14.8. The normalized spacial score (nSPS) is 21.2. The Balaban J connectivity index is 1.23. The van der Waals surface area contributed by atoms with Crippen molar-refractivity contribution >= 4 is 16.0 Å². The number of hydrogen-bond acceptors (Lipinski definition) is 6. The largest absolute Gasteiger partial charge is 0.482 e. The zero-order chi connectivity index (χ0) is 34.0. The van der Waals surface area contributed by atoms with Crippen LogP contribution in [0.2, 0.25) is 0 Å². The first-order chi connectivity index (χ1) is 23.0. The van der Waals surface area contributed by atoms with Gasteiger partial charge in [0.2, 0.25) is 10.0 Å². The third kappa shape index (κ3) is 7.18. The maximum atomic E-state index is 13.8. The van der Waals surface area contributed by atoms with Crippen LogP contribution < -0.4 is 9.47 Å². The van der Waals surface area contributed by atoms with Gasteiger partial charge < -0.3 is 19.3 Å². The second kappa shape index (κ2) is 14.0. The molecular weight excluding hydrogens is 626 g/mol. The van der Waals surface area contributed by atoms with Gasteiger partial charge in [0.25, 0.3) is 0 Å². The number of aryl methyl sites for hydroxylation is 2. The number of carbonyl (C=O) groups is 1. The molecule has 0 aromatic heterocycles. The number of piperidine rings is 1. The molecule has 0 radical (unpaired) electrons. The Kier molecular flexibility index (Phi) is 9.73. The highest BCUT2D eigenvalue weighted by molar-refractivity contribution is 7.89. The van der Waals surface area contributed by atoms with E-state index in [0.29, 0.717) is 48.7 Å². The van der Waals surface area contributed by atoms with Crippen molar-refractivity contribution in [3.63, 3.8) is 0 Å². The molecule has 6 rings (SSSR count). The summed E-state index contributed by atoms with van der Waals surface area (Å²) < 4.78 is 48.0. The lowest BCUT2D eigenvalue weighted by Crippen LogP contribution is -2.50. The molecule has 2 aliphatic heterocycles. The van der Waals surface area contributed by atoms with Gasteiger partial charge >= 0.3 is 5.97 Å². The third-order valence-electron chi connectivity index (χ3n) is 9.46. The standard InChI is InChI=1S/C39H41NO7S/c1-25(2)34-21-30-23-40(48(43,44)33-15-11-29(12-16-33)28-8-6-5-7-9-28)19-18-36(30)47-39(34)35-22-32(14-17-37(35)45-24-38(41)42)46-31-13-10-26(3)27(4)20-31/h5-17,20,22,30,34,36,39H,1,18-19,21,23-24H2,2-4H3,(H,41,42)/t30-,34-,36+,39+/m0/s1. The molecule has 2 saturated heterocycles. The van der Waals surface area contributed by atoms with Crippen LogP contribution in [0.3, 0.4) is 0 Å². The van der Waals surface area contributed by atoms with Crippen LogP contribution in [0, 0.1) is 25.7 Å². The van der Waals surface area contributed by atoms with Gasteiger partial charge in [-0.2, -0.15) is 4.31 Å². The molecule has 2 heterocycles. The molecule has 4 atom stereocenters. The van der Waals surface area contributed by atoms with E-state index in [-0.39, 0.29) is 22.8 Å². The Bertz CT molecular complexity index is 1910. The lowest BCUT2D eigenvalue weighted by molar-refractivity contribution is -0.139. The summed E-state index contributed by atoms with van der Waals surface area (Å²) in [5.74, 6) is 0.365. The highest BCUT2D eigenvalue weighted by atomic mass is 32.2. The van der Waals surface area contributed by atoms with Crippen molar-refractivity contribution in [3.8, 4) is 28.4 Å². The van der Waals surface area contributed by atoms with Crippen molar-refractivity contribution in [2.45, 2.75) is 50.7 Å². The fourth-order valence-corrected chi connectivity index (χ4v) is 8.19. The maximum Gasteiger partial charge on any atom is 0.341 e. The molecule has 9 heteroatoms. The minimum Gasteiger partial charge on any atom is -0.482 e. The van der Waals surface area contributed by atoms with Crippen molar-refractivity contribution < 1.29 is 32.5 Å². The van der Waals surface area contributed by atoms with E-state index in [1.54, 1.807) is 28.6 Å². The minimum atomic E-state index is -3.72. The van der Waals surface area contributed by atoms with Gasteiger partial charge in [0.15, 0.2) is 6.61 Å². The SMILES string of the molecule is C=C(C)[C@@H]1C[C@H]2CN(S(=O)(=O)c3ccc(-c4ccccc4)cc3)CC[C@H]2O[C@H]1c1cc(Oc2ccc(C)c(C)c2)ccc1OCC(=O)O. The van der Waals surface area contributed by atoms with Crippen molar-refractivity contribution in [3.05, 3.63) is 120 Å². The molecule has 250 valence electrons. The summed E-state index contributed by atoms with van der Waals surface area (Å²) in [5.41, 5.74) is 5.82. The second-order valence-electron chi connectivity index (χ2n) is 12.8. The van der Waals surface area contributed by atoms with Gasteiger partial charge in [0, 0.05) is 24.6 Å². The first-order valence-corrected chi connectivity index (χ1v) is 17.6. The van der Waals surface area contributed by atoms with E-state index in [4.69, 9.17) is 14.2 Å². The number of carboxylic acids is 1. The van der Waals surface area contributed by atoms with Gasteiger partial charge in [-0.1, -0.05) is 60.7 Å². The Morgan fingerprint density at radius 1 is 0.938 bits per heavy atom. The molecule has 0 spiro atoms. The molecule has 48 heavy (non-hydrogen) atoms. The summed E-state index contributed by atoms with van der Waals surface area (Å²) >= 11 is 0. The fraction of sp³-hybridized carbons (Fsp3) is 0.308. The number of fused-ring (bicyclic) bond motifs is 1. The summed E-state index contributed by atoms with van der Waals surface area (Å²) in [4.78, 5) is 11.7. The summed E-state index contributed by atoms with van der Waals surface area (Å²) in [5, 5.41) is 9.36. The molecule has 2 fully saturated rings. The highest BCUT2D eigenvalue weighted by Crippen LogP contribution is 2.48. The third-order valence-corrected chi connectivity index (χ3v) is 11.3. The Morgan fingerprint density at radius 3 is 2.31 bits per heavy atom. The zero-order valence-electron chi connectivity index (χ0n) is 27.5. The van der Waals surface area contributed by atoms with Crippen LogP contribution in [0.25, 0.3) is 11.1 Å². The number of hydrogen-bond donors (Lipinski definition) is 1. The fourth-order valence-electron chi connectivity index (χ4n) is 6.68. The van der Waals surface area contributed by atoms with Crippen molar-refractivity contribution in [2.24, 2.45) is 11.8 Å². The predicted octanol–water partition coefficient (Wildman–Crippen LogP) is 7.96. The van der Waals surface area contributed by atoms with Crippen LogP contribution in [0.5, 0.6) is 17.2 Å². The number of aliphatic carboxylic acids is 1. The number of rotatable bonds is 10. The van der Waals surface area contributed by atoms with Gasteiger partial charge in [-0.3, -0.25) is 0 Å². The van der Waals surface area contributed by atoms with Gasteiger partial charge in [-0.05, 0) is 104 Å². The summed E-state index contributed by atoms with van der Waals surface area (Å²) in [6.45, 7) is 10.4. The molecule has 2 aliphatic rings. The first kappa shape index (κ1) is 33.5. The average Bonchev–Trinajstić information content (AvgIpc) is 3.08. The maximum absolute atomic E-state index is 13.8. The number of ether oxygens (including phenoxy) is 3. The van der Waals surface area contributed by atoms with Crippen LogP contribution in [-0.2, 0) is 19.6 Å². The Morgan fingerprint density at radius 2 is 1.62 bits per heavy atom. The number of sulfonamides is 1. The van der Waals surface area contributed by atoms with E-state index in [1.807, 2.05) is 87.5 Å². The molecule has 0 unspecified atom stereocenters. The van der Waals surface area contributed by atoms with Crippen molar-refractivity contribution in [1.29, 1.82) is 0 Å². The molecular formula is C39H41NO7S. The summed E-state index contributed by atoms with van der Waals surface area (Å²) in [6, 6.07) is 28.1. The Hall–Kier alpha value is -4.44. The molecule has 0 saturated carbocycles. The van der Waals surface area contributed by atoms with E-state index in [0.717, 1.165) is 27.8 Å². The lowest BCUT2D eigenvalue weighted by Gasteiger charge is -2.47. The smallest absolute Gasteiger partial charge is 0.341 e. The van der Waals surface area contributed by atoms with Crippen LogP contribution in [0.15, 0.2) is 108 Å². The van der Waals surface area contributed by atoms with Gasteiger partial charge in [0.05, 0.1) is 17.1 Å². The first-order valence-electron chi connectivity index (χ1n) is 16.2. The summed E-state index contributed by atoms with van der Waals surface area (Å²) in [7, 11) is -3.72. The van der Waals surface area contributed by atoms with Crippen molar-refractivity contribution in [1.82, 2.24) is 4.31 Å². The van der Waals surface area contributed by atoms with Crippen LogP contribution in [0.4, 0.5) is 0 Å². The predicted molar refractivity (Wildman–Crippen MR) is 185 cm³/mol. The van der Waals surface area contributed by atoms with E-state index in [1.165, 1.54) is 0 Å². The van der Waals surface area contributed by atoms with Gasteiger partial charge in [-0.15, -0.1) is 0 Å². The zero-order valence-corrected chi connectivity index (χ0v) is 28.3. The van der Waals surface area contributed by atoms with E-state index in [2.05, 4.69) is 6.58 Å². The Labute approximate surface area is 282 Å². The van der Waals surface area contributed by atoms with Crippen LogP contribution in [-0.4, -0.2) is 49.6 Å². The van der Waals surface area contributed by atoms with Crippen LogP contribution in [0.1, 0.15) is 42.6 Å². The molecule has 0 aliphatic carbocycles. The summed E-state index contributed by atoms with van der Waals surface area (Å²) in [6.07, 6.45) is 0.499. The number of nitrogens with zero attached hydrogens (tertiary/aromatic N) is 1. The van der Waals surface area contributed by atoms with Crippen molar-refractivity contribution in [2.75, 3.05) is 19.7 Å². The monoisotopic (exact) mass is 667 g/mol. The molecule has 8 nitrogen and oxygen atoms in total. The molecule has 0 amide bonds. The van der Waals surface area contributed by atoms with E-state index in [9.17, 15) is 18.3 Å². The molecule has 0 bridgehead atoms. The topological polar surface area (TPSA) is 102 Å². The molecule has 1 N–H and O–H groups in total. The van der Waals surface area contributed by atoms with Gasteiger partial charge in [-0.25, -0.2) is 13.2 Å². The van der Waals surface area contributed by atoms with E-state index >= 15 is 0 Å². The molecule has 4 aromatic rings.